The predicted molar refractivity (Wildman–Crippen MR) is 82.5 cm³/mol. The molecule has 1 atom stereocenters. The van der Waals surface area contributed by atoms with Crippen molar-refractivity contribution in [2.24, 2.45) is 0 Å². The molecule has 1 amide bonds. The number of carbonyl (C=O) groups is 2. The van der Waals surface area contributed by atoms with Crippen molar-refractivity contribution in [3.63, 3.8) is 0 Å². The number of cyclic esters (lactones) is 1. The molecule has 0 radical (unpaired) electrons. The van der Waals surface area contributed by atoms with Gasteiger partial charge in [-0.3, -0.25) is 4.79 Å². The van der Waals surface area contributed by atoms with Crippen molar-refractivity contribution >= 4 is 11.9 Å². The molecule has 118 valence electrons. The smallest absolute Gasteiger partial charge is 0.339 e. The van der Waals surface area contributed by atoms with E-state index in [1.54, 1.807) is 30.3 Å². The lowest BCUT2D eigenvalue weighted by Gasteiger charge is -2.23. The molecule has 0 bridgehead atoms. The van der Waals surface area contributed by atoms with E-state index in [0.29, 0.717) is 24.0 Å². The molecule has 0 aliphatic carbocycles. The number of esters is 1. The summed E-state index contributed by atoms with van der Waals surface area (Å²) in [4.78, 5) is 24.0. The molecular weight excluding hydrogens is 297 g/mol. The first kappa shape index (κ1) is 15.2. The third-order valence-electron chi connectivity index (χ3n) is 3.84. The van der Waals surface area contributed by atoms with Crippen LogP contribution in [0.5, 0.6) is 0 Å². The molecule has 2 aromatic rings. The molecule has 4 nitrogen and oxygen atoms in total. The van der Waals surface area contributed by atoms with Crippen LogP contribution in [0, 0.1) is 5.82 Å². The highest BCUT2D eigenvalue weighted by atomic mass is 19.1. The fourth-order valence-corrected chi connectivity index (χ4v) is 2.61. The number of benzene rings is 2. The van der Waals surface area contributed by atoms with Crippen molar-refractivity contribution in [1.82, 2.24) is 5.32 Å². The third kappa shape index (κ3) is 3.39. The first-order valence-electron chi connectivity index (χ1n) is 7.45. The van der Waals surface area contributed by atoms with E-state index in [2.05, 4.69) is 5.32 Å². The van der Waals surface area contributed by atoms with Crippen LogP contribution in [0.4, 0.5) is 4.39 Å². The monoisotopic (exact) mass is 313 g/mol. The molecule has 0 saturated carbocycles. The molecule has 23 heavy (non-hydrogen) atoms. The fraction of sp³-hybridized carbons (Fsp3) is 0.222. The maximum Gasteiger partial charge on any atom is 0.339 e. The highest BCUT2D eigenvalue weighted by molar-refractivity contribution is 5.95. The number of fused-ring (bicyclic) bond motifs is 1. The predicted octanol–water partition coefficient (Wildman–Crippen LogP) is 2.27. The number of hydrogen-bond donors (Lipinski definition) is 1. The summed E-state index contributed by atoms with van der Waals surface area (Å²) in [5.74, 6) is -1.13. The zero-order valence-corrected chi connectivity index (χ0v) is 12.4. The lowest BCUT2D eigenvalue weighted by atomic mass is 9.98. The Labute approximate surface area is 133 Å². The first-order valence-corrected chi connectivity index (χ1v) is 7.45. The molecule has 0 saturated heterocycles. The van der Waals surface area contributed by atoms with Gasteiger partial charge in [-0.15, -0.1) is 0 Å². The molecule has 1 N–H and O–H groups in total. The van der Waals surface area contributed by atoms with E-state index in [-0.39, 0.29) is 18.3 Å². The number of carbonyl (C=O) groups excluding carboxylic acids is 2. The van der Waals surface area contributed by atoms with Gasteiger partial charge in [0.25, 0.3) is 5.91 Å². The Balaban J connectivity index is 1.57. The largest absolute Gasteiger partial charge is 0.448 e. The van der Waals surface area contributed by atoms with Gasteiger partial charge < -0.3 is 10.1 Å². The van der Waals surface area contributed by atoms with Gasteiger partial charge >= 0.3 is 5.97 Å². The molecular formula is C18H16FNO3. The standard InChI is InChI=1S/C18H16FNO3/c19-15-8-4-2-5-12(15)9-10-20-17(21)16-11-13-6-1-3-7-14(13)18(22)23-16/h1-8,16H,9-11H2,(H,20,21)/t16-/m0/s1. The number of amides is 1. The van der Waals surface area contributed by atoms with Crippen LogP contribution in [0.2, 0.25) is 0 Å². The molecule has 1 aliphatic heterocycles. The number of rotatable bonds is 4. The summed E-state index contributed by atoms with van der Waals surface area (Å²) in [6.07, 6.45) is -0.0960. The Kier molecular flexibility index (Phi) is 4.37. The minimum absolute atomic E-state index is 0.287. The van der Waals surface area contributed by atoms with Crippen LogP contribution in [0.3, 0.4) is 0 Å². The van der Waals surface area contributed by atoms with Crippen LogP contribution >= 0.6 is 0 Å². The summed E-state index contributed by atoms with van der Waals surface area (Å²) in [6.45, 7) is 0.287. The lowest BCUT2D eigenvalue weighted by molar-refractivity contribution is -0.130. The summed E-state index contributed by atoms with van der Waals surface area (Å²) in [5.41, 5.74) is 1.85. The van der Waals surface area contributed by atoms with Crippen molar-refractivity contribution in [3.05, 3.63) is 71.0 Å². The van der Waals surface area contributed by atoms with Crippen LogP contribution in [-0.4, -0.2) is 24.5 Å². The van der Waals surface area contributed by atoms with Gasteiger partial charge in [0.15, 0.2) is 6.10 Å². The lowest BCUT2D eigenvalue weighted by Crippen LogP contribution is -2.42. The molecule has 0 aromatic heterocycles. The summed E-state index contributed by atoms with van der Waals surface area (Å²) >= 11 is 0. The van der Waals surface area contributed by atoms with Crippen LogP contribution < -0.4 is 5.32 Å². The summed E-state index contributed by atoms with van der Waals surface area (Å²) in [6, 6.07) is 13.5. The Morgan fingerprint density at radius 3 is 2.74 bits per heavy atom. The Bertz CT molecular complexity index is 745. The van der Waals surface area contributed by atoms with Gasteiger partial charge in [-0.1, -0.05) is 36.4 Å². The Hall–Kier alpha value is -2.69. The topological polar surface area (TPSA) is 55.4 Å². The second-order valence-corrected chi connectivity index (χ2v) is 5.39. The van der Waals surface area contributed by atoms with Crippen LogP contribution in [0.15, 0.2) is 48.5 Å². The average molecular weight is 313 g/mol. The van der Waals surface area contributed by atoms with Gasteiger partial charge in [0, 0.05) is 13.0 Å². The molecule has 1 aliphatic rings. The van der Waals surface area contributed by atoms with Crippen LogP contribution in [0.1, 0.15) is 21.5 Å². The van der Waals surface area contributed by atoms with E-state index >= 15 is 0 Å². The normalized spacial score (nSPS) is 16.4. The molecule has 2 aromatic carbocycles. The summed E-state index contributed by atoms with van der Waals surface area (Å²) < 4.78 is 18.7. The first-order chi connectivity index (χ1) is 11.1. The number of halogens is 1. The van der Waals surface area contributed by atoms with Crippen molar-refractivity contribution in [2.75, 3.05) is 6.54 Å². The quantitative estimate of drug-likeness (QED) is 0.881. The molecule has 1 heterocycles. The summed E-state index contributed by atoms with van der Waals surface area (Å²) in [5, 5.41) is 2.70. The van der Waals surface area contributed by atoms with Gasteiger partial charge in [-0.05, 0) is 29.7 Å². The zero-order valence-electron chi connectivity index (χ0n) is 12.4. The van der Waals surface area contributed by atoms with E-state index in [0.717, 1.165) is 5.56 Å². The van der Waals surface area contributed by atoms with Gasteiger partial charge in [0.1, 0.15) is 5.82 Å². The minimum atomic E-state index is -0.835. The molecule has 0 spiro atoms. The zero-order chi connectivity index (χ0) is 16.2. The highest BCUT2D eigenvalue weighted by Gasteiger charge is 2.30. The van der Waals surface area contributed by atoms with E-state index in [1.165, 1.54) is 6.07 Å². The number of ether oxygens (including phenoxy) is 1. The molecule has 0 unspecified atom stereocenters. The second kappa shape index (κ2) is 6.60. The van der Waals surface area contributed by atoms with Gasteiger partial charge in [-0.2, -0.15) is 0 Å². The highest BCUT2D eigenvalue weighted by Crippen LogP contribution is 2.20. The van der Waals surface area contributed by atoms with Gasteiger partial charge in [-0.25, -0.2) is 9.18 Å². The van der Waals surface area contributed by atoms with Crippen LogP contribution in [0.25, 0.3) is 0 Å². The van der Waals surface area contributed by atoms with Crippen molar-refractivity contribution < 1.29 is 18.7 Å². The Morgan fingerprint density at radius 1 is 1.17 bits per heavy atom. The number of nitrogens with one attached hydrogen (secondary N) is 1. The number of hydrogen-bond acceptors (Lipinski definition) is 3. The van der Waals surface area contributed by atoms with E-state index in [9.17, 15) is 14.0 Å². The fourth-order valence-electron chi connectivity index (χ4n) is 2.61. The third-order valence-corrected chi connectivity index (χ3v) is 3.84. The van der Waals surface area contributed by atoms with Crippen molar-refractivity contribution in [3.8, 4) is 0 Å². The van der Waals surface area contributed by atoms with Crippen LogP contribution in [-0.2, 0) is 22.4 Å². The van der Waals surface area contributed by atoms with E-state index < -0.39 is 12.1 Å². The second-order valence-electron chi connectivity index (χ2n) is 5.39. The van der Waals surface area contributed by atoms with Crippen molar-refractivity contribution in [1.29, 1.82) is 0 Å². The summed E-state index contributed by atoms with van der Waals surface area (Å²) in [7, 11) is 0. The van der Waals surface area contributed by atoms with Crippen molar-refractivity contribution in [2.45, 2.75) is 18.9 Å². The minimum Gasteiger partial charge on any atom is -0.448 e. The molecule has 3 rings (SSSR count). The molecule has 0 fully saturated rings. The van der Waals surface area contributed by atoms with E-state index in [1.807, 2.05) is 12.1 Å². The average Bonchev–Trinajstić information content (AvgIpc) is 2.56. The maximum atomic E-state index is 13.5. The van der Waals surface area contributed by atoms with Gasteiger partial charge in [0.2, 0.25) is 0 Å². The molecule has 5 heteroatoms. The SMILES string of the molecule is O=C1O[C@H](C(=O)NCCc2ccccc2F)Cc2ccccc21. The van der Waals surface area contributed by atoms with E-state index in [4.69, 9.17) is 4.74 Å². The van der Waals surface area contributed by atoms with Gasteiger partial charge in [0.05, 0.1) is 5.56 Å². The Morgan fingerprint density at radius 2 is 1.91 bits per heavy atom. The maximum absolute atomic E-state index is 13.5.